The van der Waals surface area contributed by atoms with Crippen LogP contribution in [0.25, 0.3) is 6.08 Å². The maximum Gasteiger partial charge on any atom is 0.331 e. The van der Waals surface area contributed by atoms with Gasteiger partial charge >= 0.3 is 5.97 Å². The molecule has 0 spiro atoms. The molecule has 1 aliphatic heterocycles. The fourth-order valence-electron chi connectivity index (χ4n) is 7.26. The van der Waals surface area contributed by atoms with E-state index >= 15 is 0 Å². The van der Waals surface area contributed by atoms with Crippen LogP contribution in [0.4, 0.5) is 0 Å². The van der Waals surface area contributed by atoms with Crippen molar-refractivity contribution < 1.29 is 47.8 Å². The van der Waals surface area contributed by atoms with Crippen molar-refractivity contribution in [1.82, 2.24) is 0 Å². The van der Waals surface area contributed by atoms with Gasteiger partial charge in [-0.25, -0.2) is 4.79 Å². The molecule has 1 saturated heterocycles. The van der Waals surface area contributed by atoms with E-state index in [0.29, 0.717) is 23.7 Å². The van der Waals surface area contributed by atoms with Gasteiger partial charge in [-0.05, 0) is 51.6 Å². The van der Waals surface area contributed by atoms with E-state index in [1.54, 1.807) is 18.2 Å². The fourth-order valence-corrected chi connectivity index (χ4v) is 7.26. The molecule has 0 aliphatic carbocycles. The standard InChI is InChI=1S/C52H52O10/c1-55-44-30-42(29-43(51(53)54)28-37-18-8-3-9-19-37)31-45(56-2)47(44)62-52-50(60-35-41-26-16-7-17-27-41)49(59-34-40-24-14-6-15-25-40)48(58-33-39-22-12-5-13-23-39)46(61-52)36-57-32-38-20-10-4-11-21-38/h3-27,29-31,46,48-50,52H,28,32-36H2,1-2H3,(H,53,54)/t46-,48-,49+,50-,52+/m1/s1. The lowest BCUT2D eigenvalue weighted by Gasteiger charge is -2.45. The molecule has 0 bridgehead atoms. The van der Waals surface area contributed by atoms with Crippen molar-refractivity contribution in [3.05, 3.63) is 203 Å². The van der Waals surface area contributed by atoms with Crippen molar-refractivity contribution in [1.29, 1.82) is 0 Å². The first kappa shape index (κ1) is 43.8. The summed E-state index contributed by atoms with van der Waals surface area (Å²) in [7, 11) is 3.03. The van der Waals surface area contributed by atoms with Crippen LogP contribution in [0.1, 0.15) is 33.4 Å². The molecule has 62 heavy (non-hydrogen) atoms. The number of ether oxygens (including phenoxy) is 8. The number of aliphatic carboxylic acids is 1. The molecule has 1 fully saturated rings. The number of benzene rings is 6. The summed E-state index contributed by atoms with van der Waals surface area (Å²) in [5.41, 5.74) is 5.52. The zero-order valence-corrected chi connectivity index (χ0v) is 34.9. The van der Waals surface area contributed by atoms with Gasteiger partial charge in [-0.2, -0.15) is 0 Å². The molecule has 10 heteroatoms. The van der Waals surface area contributed by atoms with Crippen LogP contribution in [0, 0.1) is 0 Å². The molecule has 320 valence electrons. The second-order valence-corrected chi connectivity index (χ2v) is 14.8. The molecule has 1 heterocycles. The third kappa shape index (κ3) is 12.2. The molecule has 0 radical (unpaired) electrons. The van der Waals surface area contributed by atoms with E-state index in [1.165, 1.54) is 14.2 Å². The minimum absolute atomic E-state index is 0.141. The molecule has 1 N–H and O–H groups in total. The van der Waals surface area contributed by atoms with Crippen LogP contribution in [0.5, 0.6) is 17.2 Å². The summed E-state index contributed by atoms with van der Waals surface area (Å²) in [5.74, 6) is -0.204. The zero-order chi connectivity index (χ0) is 42.9. The van der Waals surface area contributed by atoms with Gasteiger partial charge in [-0.15, -0.1) is 0 Å². The fraction of sp³-hybridized carbons (Fsp3) is 0.250. The Labute approximate surface area is 363 Å². The molecule has 1 aliphatic rings. The van der Waals surface area contributed by atoms with E-state index in [9.17, 15) is 9.90 Å². The van der Waals surface area contributed by atoms with Crippen LogP contribution in [0.3, 0.4) is 0 Å². The highest BCUT2D eigenvalue weighted by Gasteiger charge is 2.50. The SMILES string of the molecule is COc1cc(C=C(Cc2ccccc2)C(=O)O)cc(OC)c1O[C@@H]1O[C@H](COCc2ccccc2)[C@@H](OCc2ccccc2)[C@H](OCc2ccccc2)[C@H]1OCc1ccccc1. The normalized spacial score (nSPS) is 18.8. The van der Waals surface area contributed by atoms with Crippen LogP contribution in [-0.4, -0.2) is 62.6 Å². The molecule has 0 amide bonds. The van der Waals surface area contributed by atoms with Crippen LogP contribution < -0.4 is 14.2 Å². The highest BCUT2D eigenvalue weighted by molar-refractivity contribution is 5.93. The van der Waals surface area contributed by atoms with E-state index in [4.69, 9.17) is 37.9 Å². The Balaban J connectivity index is 1.26. The largest absolute Gasteiger partial charge is 0.493 e. The van der Waals surface area contributed by atoms with Gasteiger partial charge in [0.25, 0.3) is 0 Å². The molecule has 5 atom stereocenters. The lowest BCUT2D eigenvalue weighted by Crippen LogP contribution is -2.62. The number of hydrogen-bond donors (Lipinski definition) is 1. The van der Waals surface area contributed by atoms with Crippen LogP contribution in [-0.2, 0) is 61.3 Å². The molecular formula is C52H52O10. The number of carboxylic acid groups (broad SMARTS) is 1. The summed E-state index contributed by atoms with van der Waals surface area (Å²) in [4.78, 5) is 12.4. The summed E-state index contributed by atoms with van der Waals surface area (Å²) in [6.07, 6.45) is -2.23. The Morgan fingerprint density at radius 2 is 0.984 bits per heavy atom. The van der Waals surface area contributed by atoms with Gasteiger partial charge in [0.2, 0.25) is 12.0 Å². The van der Waals surface area contributed by atoms with Gasteiger partial charge in [0.15, 0.2) is 11.5 Å². The van der Waals surface area contributed by atoms with E-state index in [2.05, 4.69) is 0 Å². The Bertz CT molecular complexity index is 2260. The summed E-state index contributed by atoms with van der Waals surface area (Å²) < 4.78 is 52.5. The third-order valence-corrected chi connectivity index (χ3v) is 10.4. The van der Waals surface area contributed by atoms with E-state index in [0.717, 1.165) is 27.8 Å². The Kier molecular flexibility index (Phi) is 15.9. The van der Waals surface area contributed by atoms with Gasteiger partial charge in [0, 0.05) is 12.0 Å². The van der Waals surface area contributed by atoms with E-state index in [-0.39, 0.29) is 44.2 Å². The number of rotatable bonds is 21. The molecule has 6 aromatic rings. The third-order valence-electron chi connectivity index (χ3n) is 10.4. The number of carboxylic acids is 1. The first-order valence-corrected chi connectivity index (χ1v) is 20.6. The smallest absolute Gasteiger partial charge is 0.331 e. The van der Waals surface area contributed by atoms with Crippen molar-refractivity contribution in [3.63, 3.8) is 0 Å². The molecule has 7 rings (SSSR count). The average Bonchev–Trinajstić information content (AvgIpc) is 3.31. The predicted molar refractivity (Wildman–Crippen MR) is 236 cm³/mol. The van der Waals surface area contributed by atoms with Crippen molar-refractivity contribution in [2.75, 3.05) is 20.8 Å². The maximum atomic E-state index is 12.4. The lowest BCUT2D eigenvalue weighted by molar-refractivity contribution is -0.310. The minimum atomic E-state index is -1.10. The van der Waals surface area contributed by atoms with E-state index < -0.39 is 36.7 Å². The van der Waals surface area contributed by atoms with Gasteiger partial charge < -0.3 is 43.0 Å². The summed E-state index contributed by atoms with van der Waals surface area (Å²) in [5, 5.41) is 10.2. The van der Waals surface area contributed by atoms with Crippen LogP contribution >= 0.6 is 0 Å². The van der Waals surface area contributed by atoms with Gasteiger partial charge in [0.05, 0.1) is 47.3 Å². The summed E-state index contributed by atoms with van der Waals surface area (Å²) in [6, 6.07) is 52.5. The van der Waals surface area contributed by atoms with Crippen LogP contribution in [0.15, 0.2) is 169 Å². The van der Waals surface area contributed by atoms with E-state index in [1.807, 2.05) is 152 Å². The average molecular weight is 837 g/mol. The first-order chi connectivity index (χ1) is 30.5. The van der Waals surface area contributed by atoms with Crippen molar-refractivity contribution >= 4 is 12.0 Å². The molecule has 0 saturated carbocycles. The monoisotopic (exact) mass is 836 g/mol. The number of carbonyl (C=O) groups is 1. The summed E-state index contributed by atoms with van der Waals surface area (Å²) in [6.45, 7) is 1.25. The molecular weight excluding hydrogens is 785 g/mol. The number of hydrogen-bond acceptors (Lipinski definition) is 9. The molecule has 0 aromatic heterocycles. The first-order valence-electron chi connectivity index (χ1n) is 20.6. The second-order valence-electron chi connectivity index (χ2n) is 14.8. The lowest BCUT2D eigenvalue weighted by atomic mass is 9.97. The molecule has 6 aromatic carbocycles. The predicted octanol–water partition coefficient (Wildman–Crippen LogP) is 9.49. The van der Waals surface area contributed by atoms with Gasteiger partial charge in [-0.1, -0.05) is 152 Å². The second kappa shape index (κ2) is 22.5. The zero-order valence-electron chi connectivity index (χ0n) is 34.9. The number of methoxy groups -OCH3 is 2. The Hall–Kier alpha value is -6.27. The van der Waals surface area contributed by atoms with Gasteiger partial charge in [0.1, 0.15) is 24.4 Å². The quantitative estimate of drug-likeness (QED) is 0.0704. The molecule has 10 nitrogen and oxygen atoms in total. The Morgan fingerprint density at radius 1 is 0.565 bits per heavy atom. The highest BCUT2D eigenvalue weighted by Crippen LogP contribution is 2.42. The minimum Gasteiger partial charge on any atom is -0.493 e. The Morgan fingerprint density at radius 3 is 1.44 bits per heavy atom. The van der Waals surface area contributed by atoms with Gasteiger partial charge in [-0.3, -0.25) is 0 Å². The topological polar surface area (TPSA) is 111 Å². The van der Waals surface area contributed by atoms with Crippen molar-refractivity contribution in [2.45, 2.75) is 63.6 Å². The summed E-state index contributed by atoms with van der Waals surface area (Å²) >= 11 is 0. The highest BCUT2D eigenvalue weighted by atomic mass is 16.7. The molecule has 0 unspecified atom stereocenters. The maximum absolute atomic E-state index is 12.4. The van der Waals surface area contributed by atoms with Crippen molar-refractivity contribution in [3.8, 4) is 17.2 Å². The van der Waals surface area contributed by atoms with Crippen molar-refractivity contribution in [2.24, 2.45) is 0 Å². The van der Waals surface area contributed by atoms with Crippen LogP contribution in [0.2, 0.25) is 0 Å².